The molecule has 3 aromatic rings. The third kappa shape index (κ3) is 5.89. The van der Waals surface area contributed by atoms with Crippen molar-refractivity contribution in [3.05, 3.63) is 65.2 Å². The van der Waals surface area contributed by atoms with E-state index in [0.29, 0.717) is 6.42 Å². The first-order chi connectivity index (χ1) is 13.6. The zero-order valence-electron chi connectivity index (χ0n) is 15.9. The molecule has 146 valence electrons. The predicted octanol–water partition coefficient (Wildman–Crippen LogP) is 4.43. The number of aromatic nitrogens is 1. The molecule has 0 radical (unpaired) electrons. The van der Waals surface area contributed by atoms with Gasteiger partial charge in [0.05, 0.1) is 21.3 Å². The lowest BCUT2D eigenvalue weighted by Crippen LogP contribution is -2.31. The maximum atomic E-state index is 11.9. The van der Waals surface area contributed by atoms with Crippen LogP contribution in [0, 0.1) is 0 Å². The maximum Gasteiger partial charge on any atom is 0.306 e. The summed E-state index contributed by atoms with van der Waals surface area (Å²) in [4.78, 5) is 28.4. The van der Waals surface area contributed by atoms with Crippen LogP contribution in [0.2, 0.25) is 0 Å². The van der Waals surface area contributed by atoms with Crippen molar-refractivity contribution >= 4 is 33.4 Å². The lowest BCUT2D eigenvalue weighted by atomic mass is 10.1. The average molecular weight is 397 g/mol. The summed E-state index contributed by atoms with van der Waals surface area (Å²) in [5.74, 6) is -0.633. The van der Waals surface area contributed by atoms with Crippen molar-refractivity contribution in [2.24, 2.45) is 0 Å². The van der Waals surface area contributed by atoms with Gasteiger partial charge in [0.2, 0.25) is 0 Å². The largest absolute Gasteiger partial charge is 0.456 e. The van der Waals surface area contributed by atoms with Crippen molar-refractivity contribution in [1.29, 1.82) is 0 Å². The molecule has 1 heterocycles. The molecule has 0 fully saturated rings. The topological polar surface area (TPSA) is 68.3 Å². The van der Waals surface area contributed by atoms with Gasteiger partial charge in [-0.15, -0.1) is 11.3 Å². The van der Waals surface area contributed by atoms with Crippen LogP contribution in [-0.4, -0.2) is 23.5 Å². The van der Waals surface area contributed by atoms with Gasteiger partial charge in [-0.3, -0.25) is 9.59 Å². The number of hydrogen-bond donors (Lipinski definition) is 1. The molecule has 2 aromatic carbocycles. The Morgan fingerprint density at radius 2 is 1.82 bits per heavy atom. The van der Waals surface area contributed by atoms with E-state index in [0.717, 1.165) is 35.4 Å². The van der Waals surface area contributed by atoms with E-state index in [2.05, 4.69) is 16.4 Å². The molecule has 6 heteroatoms. The number of benzene rings is 2. The molecule has 0 aliphatic carbocycles. The Bertz CT molecular complexity index is 891. The molecular formula is C22H24N2O3S. The number of aryl methyl sites for hydroxylation is 1. The minimum Gasteiger partial charge on any atom is -0.456 e. The molecule has 0 aliphatic heterocycles. The third-order valence-electron chi connectivity index (χ3n) is 4.40. The van der Waals surface area contributed by atoms with Crippen LogP contribution in [0.1, 0.15) is 42.8 Å². The number of nitrogens with zero attached hydrogens (tertiary/aromatic N) is 1. The molecule has 0 aliphatic rings. The number of rotatable bonds is 9. The molecule has 5 nitrogen and oxygen atoms in total. The summed E-state index contributed by atoms with van der Waals surface area (Å²) in [6.45, 7) is 1.66. The Labute approximate surface area is 168 Å². The van der Waals surface area contributed by atoms with E-state index < -0.39 is 0 Å². The highest BCUT2D eigenvalue weighted by Gasteiger charge is 2.12. The first kappa shape index (κ1) is 20.0. The fourth-order valence-corrected chi connectivity index (χ4v) is 3.91. The zero-order chi connectivity index (χ0) is 19.8. The Balaban J connectivity index is 1.31. The molecule has 0 unspecified atom stereocenters. The number of esters is 1. The fourth-order valence-electron chi connectivity index (χ4n) is 2.90. The van der Waals surface area contributed by atoms with E-state index in [4.69, 9.17) is 4.74 Å². The van der Waals surface area contributed by atoms with E-state index in [1.807, 2.05) is 55.5 Å². The molecule has 3 rings (SSSR count). The summed E-state index contributed by atoms with van der Waals surface area (Å²) in [6, 6.07) is 17.6. The number of ether oxygens (including phenoxy) is 1. The molecule has 1 atom stereocenters. The molecule has 1 amide bonds. The quantitative estimate of drug-likeness (QED) is 0.429. The lowest BCUT2D eigenvalue weighted by Gasteiger charge is -2.14. The number of unbranched alkanes of at least 4 members (excludes halogenated alkanes) is 1. The number of carbonyl (C=O) groups is 2. The molecule has 1 N–H and O–H groups in total. The second kappa shape index (κ2) is 9.99. The van der Waals surface area contributed by atoms with Crippen LogP contribution in [0.15, 0.2) is 54.6 Å². The zero-order valence-corrected chi connectivity index (χ0v) is 16.7. The number of para-hydroxylation sites is 1. The summed E-state index contributed by atoms with van der Waals surface area (Å²) < 4.78 is 6.26. The number of carbonyl (C=O) groups excluding carboxylic acids is 2. The number of nitrogens with one attached hydrogen (secondary N) is 1. The lowest BCUT2D eigenvalue weighted by molar-refractivity contribution is -0.148. The van der Waals surface area contributed by atoms with Crippen molar-refractivity contribution in [2.75, 3.05) is 6.61 Å². The summed E-state index contributed by atoms with van der Waals surface area (Å²) in [7, 11) is 0. The van der Waals surface area contributed by atoms with Gasteiger partial charge in [0.15, 0.2) is 6.61 Å². The van der Waals surface area contributed by atoms with Crippen molar-refractivity contribution in [3.8, 4) is 0 Å². The predicted molar refractivity (Wildman–Crippen MR) is 111 cm³/mol. The van der Waals surface area contributed by atoms with Gasteiger partial charge in [0, 0.05) is 6.42 Å². The van der Waals surface area contributed by atoms with Gasteiger partial charge in [0.25, 0.3) is 5.91 Å². The second-order valence-electron chi connectivity index (χ2n) is 6.64. The van der Waals surface area contributed by atoms with Gasteiger partial charge < -0.3 is 10.1 Å². The molecule has 0 spiro atoms. The van der Waals surface area contributed by atoms with E-state index in [1.54, 1.807) is 11.3 Å². The Kier molecular flexibility index (Phi) is 7.14. The fraction of sp³-hybridized carbons (Fsp3) is 0.318. The Morgan fingerprint density at radius 3 is 2.61 bits per heavy atom. The van der Waals surface area contributed by atoms with Gasteiger partial charge >= 0.3 is 5.97 Å². The molecule has 28 heavy (non-hydrogen) atoms. The summed E-state index contributed by atoms with van der Waals surface area (Å²) in [5.41, 5.74) is 2.04. The Hall–Kier alpha value is -2.73. The van der Waals surface area contributed by atoms with Gasteiger partial charge in [0.1, 0.15) is 0 Å². The van der Waals surface area contributed by atoms with Gasteiger partial charge in [-0.05, 0) is 43.9 Å². The maximum absolute atomic E-state index is 11.9. The van der Waals surface area contributed by atoms with Crippen molar-refractivity contribution in [1.82, 2.24) is 10.3 Å². The SMILES string of the molecule is C[C@@H](NC(=O)COC(=O)CCCCc1nc2ccccc2s1)c1ccccc1. The van der Waals surface area contributed by atoms with Crippen LogP contribution < -0.4 is 5.32 Å². The third-order valence-corrected chi connectivity index (χ3v) is 5.50. The highest BCUT2D eigenvalue weighted by atomic mass is 32.1. The van der Waals surface area contributed by atoms with E-state index in [-0.39, 0.29) is 24.5 Å². The minimum absolute atomic E-state index is 0.124. The molecule has 1 aromatic heterocycles. The highest BCUT2D eigenvalue weighted by molar-refractivity contribution is 7.18. The van der Waals surface area contributed by atoms with Crippen LogP contribution in [0.3, 0.4) is 0 Å². The highest BCUT2D eigenvalue weighted by Crippen LogP contribution is 2.22. The van der Waals surface area contributed by atoms with Gasteiger partial charge in [-0.1, -0.05) is 42.5 Å². The number of fused-ring (bicyclic) bond motifs is 1. The monoisotopic (exact) mass is 396 g/mol. The van der Waals surface area contributed by atoms with Crippen LogP contribution in [-0.2, 0) is 20.7 Å². The smallest absolute Gasteiger partial charge is 0.306 e. The molecule has 0 saturated heterocycles. The van der Waals surface area contributed by atoms with Crippen LogP contribution >= 0.6 is 11.3 Å². The van der Waals surface area contributed by atoms with E-state index in [1.165, 1.54) is 4.70 Å². The molecule has 0 bridgehead atoms. The summed E-state index contributed by atoms with van der Waals surface area (Å²) in [6.07, 6.45) is 2.75. The first-order valence-corrected chi connectivity index (χ1v) is 10.3. The van der Waals surface area contributed by atoms with Gasteiger partial charge in [-0.2, -0.15) is 0 Å². The van der Waals surface area contributed by atoms with E-state index in [9.17, 15) is 9.59 Å². The Morgan fingerprint density at radius 1 is 1.07 bits per heavy atom. The summed E-state index contributed by atoms with van der Waals surface area (Å²) in [5, 5.41) is 3.92. The summed E-state index contributed by atoms with van der Waals surface area (Å²) >= 11 is 1.69. The van der Waals surface area contributed by atoms with Gasteiger partial charge in [-0.25, -0.2) is 4.98 Å². The van der Waals surface area contributed by atoms with Crippen molar-refractivity contribution in [3.63, 3.8) is 0 Å². The molecule has 0 saturated carbocycles. The van der Waals surface area contributed by atoms with Crippen LogP contribution in [0.4, 0.5) is 0 Å². The number of thiazole rings is 1. The average Bonchev–Trinajstić information content (AvgIpc) is 3.13. The van der Waals surface area contributed by atoms with E-state index >= 15 is 0 Å². The number of hydrogen-bond acceptors (Lipinski definition) is 5. The van der Waals surface area contributed by atoms with Crippen molar-refractivity contribution in [2.45, 2.75) is 38.6 Å². The minimum atomic E-state index is -0.341. The van der Waals surface area contributed by atoms with Crippen molar-refractivity contribution < 1.29 is 14.3 Å². The first-order valence-electron chi connectivity index (χ1n) is 9.46. The standard InChI is InChI=1S/C22H24N2O3S/c1-16(17-9-3-2-4-10-17)23-20(25)15-27-22(26)14-8-7-13-21-24-18-11-5-6-12-19(18)28-21/h2-6,9-12,16H,7-8,13-15H2,1H3,(H,23,25)/t16-/m1/s1. The normalized spacial score (nSPS) is 11.9. The van der Waals surface area contributed by atoms with Crippen LogP contribution in [0.5, 0.6) is 0 Å². The molecular weight excluding hydrogens is 372 g/mol. The number of amides is 1. The second-order valence-corrected chi connectivity index (χ2v) is 7.76. The van der Waals surface area contributed by atoms with Crippen LogP contribution in [0.25, 0.3) is 10.2 Å².